The van der Waals surface area contributed by atoms with Crippen molar-refractivity contribution >= 4 is 17.3 Å². The Balaban J connectivity index is 1.67. The molecule has 2 aromatic rings. The van der Waals surface area contributed by atoms with Crippen LogP contribution in [0.4, 0.5) is 24.8 Å². The van der Waals surface area contributed by atoms with E-state index < -0.39 is 11.7 Å². The van der Waals surface area contributed by atoms with E-state index in [2.05, 4.69) is 39.1 Å². The molecule has 1 aromatic heterocycles. The predicted octanol–water partition coefficient (Wildman–Crippen LogP) is 4.59. The number of halogens is 3. The molecule has 2 N–H and O–H groups in total. The van der Waals surface area contributed by atoms with Gasteiger partial charge in [0, 0.05) is 30.7 Å². The van der Waals surface area contributed by atoms with Crippen molar-refractivity contribution in [3.8, 4) is 0 Å². The Bertz CT molecular complexity index is 840. The fourth-order valence-corrected chi connectivity index (χ4v) is 3.49. The van der Waals surface area contributed by atoms with Gasteiger partial charge in [0.15, 0.2) is 0 Å². The first-order valence-electron chi connectivity index (χ1n) is 9.66. The summed E-state index contributed by atoms with van der Waals surface area (Å²) >= 11 is 0. The van der Waals surface area contributed by atoms with Crippen molar-refractivity contribution in [2.24, 2.45) is 0 Å². The van der Waals surface area contributed by atoms with E-state index in [1.807, 2.05) is 24.3 Å². The summed E-state index contributed by atoms with van der Waals surface area (Å²) < 4.78 is 38.5. The quantitative estimate of drug-likeness (QED) is 0.762. The average molecular weight is 405 g/mol. The SMILES string of the molecule is C=C(c1ccc(Nc2ncc(C(F)(F)F)c(C)n2)cc1)N(C)C1CCCNCC1. The van der Waals surface area contributed by atoms with Crippen LogP contribution in [0.1, 0.15) is 36.1 Å². The van der Waals surface area contributed by atoms with Crippen LogP contribution in [-0.2, 0) is 6.18 Å². The Kier molecular flexibility index (Phi) is 6.42. The van der Waals surface area contributed by atoms with E-state index in [1.54, 1.807) is 0 Å². The van der Waals surface area contributed by atoms with Crippen LogP contribution in [0, 0.1) is 6.92 Å². The fraction of sp³-hybridized carbons (Fsp3) is 0.429. The minimum atomic E-state index is -4.45. The van der Waals surface area contributed by atoms with Gasteiger partial charge in [0.25, 0.3) is 0 Å². The Morgan fingerprint density at radius 2 is 1.93 bits per heavy atom. The lowest BCUT2D eigenvalue weighted by Gasteiger charge is -2.31. The van der Waals surface area contributed by atoms with Gasteiger partial charge in [-0.05, 0) is 57.0 Å². The van der Waals surface area contributed by atoms with E-state index in [1.165, 1.54) is 6.92 Å². The number of nitrogens with zero attached hydrogens (tertiary/aromatic N) is 3. The number of aromatic nitrogens is 2. The van der Waals surface area contributed by atoms with Crippen LogP contribution >= 0.6 is 0 Å². The number of anilines is 2. The summed E-state index contributed by atoms with van der Waals surface area (Å²) in [5.74, 6) is 0.130. The molecule has 5 nitrogen and oxygen atoms in total. The molecule has 1 fully saturated rings. The highest BCUT2D eigenvalue weighted by atomic mass is 19.4. The number of rotatable bonds is 5. The van der Waals surface area contributed by atoms with Gasteiger partial charge in [-0.15, -0.1) is 0 Å². The molecule has 0 saturated carbocycles. The van der Waals surface area contributed by atoms with E-state index in [9.17, 15) is 13.2 Å². The number of hydrogen-bond donors (Lipinski definition) is 2. The second-order valence-corrected chi connectivity index (χ2v) is 7.29. The Morgan fingerprint density at radius 1 is 1.21 bits per heavy atom. The summed E-state index contributed by atoms with van der Waals surface area (Å²) in [5, 5.41) is 6.37. The molecular formula is C21H26F3N5. The summed E-state index contributed by atoms with van der Waals surface area (Å²) in [6.07, 6.45) is -0.286. The van der Waals surface area contributed by atoms with Gasteiger partial charge >= 0.3 is 6.18 Å². The molecule has 0 spiro atoms. The minimum absolute atomic E-state index is 0.112. The van der Waals surface area contributed by atoms with E-state index in [0.29, 0.717) is 11.7 Å². The van der Waals surface area contributed by atoms with Crippen LogP contribution in [-0.4, -0.2) is 41.0 Å². The van der Waals surface area contributed by atoms with Gasteiger partial charge in [-0.3, -0.25) is 0 Å². The number of aryl methyl sites for hydroxylation is 1. The largest absolute Gasteiger partial charge is 0.419 e. The molecule has 0 aliphatic carbocycles. The third-order valence-electron chi connectivity index (χ3n) is 5.28. The number of benzene rings is 1. The molecule has 1 atom stereocenters. The van der Waals surface area contributed by atoms with Crippen LogP contribution < -0.4 is 10.6 Å². The molecule has 0 radical (unpaired) electrons. The molecule has 0 amide bonds. The fourth-order valence-electron chi connectivity index (χ4n) is 3.49. The predicted molar refractivity (Wildman–Crippen MR) is 109 cm³/mol. The average Bonchev–Trinajstić information content (AvgIpc) is 2.96. The third kappa shape index (κ3) is 5.26. The maximum atomic E-state index is 12.8. The van der Waals surface area contributed by atoms with Crippen molar-refractivity contribution in [2.45, 2.75) is 38.4 Å². The Morgan fingerprint density at radius 3 is 2.59 bits per heavy atom. The lowest BCUT2D eigenvalue weighted by molar-refractivity contribution is -0.138. The van der Waals surface area contributed by atoms with Crippen molar-refractivity contribution in [2.75, 3.05) is 25.5 Å². The van der Waals surface area contributed by atoms with Crippen LogP contribution in [0.15, 0.2) is 37.0 Å². The maximum Gasteiger partial charge on any atom is 0.419 e. The monoisotopic (exact) mass is 405 g/mol. The summed E-state index contributed by atoms with van der Waals surface area (Å²) in [7, 11) is 2.07. The lowest BCUT2D eigenvalue weighted by atomic mass is 10.0. The van der Waals surface area contributed by atoms with Crippen molar-refractivity contribution < 1.29 is 13.2 Å². The summed E-state index contributed by atoms with van der Waals surface area (Å²) in [5.41, 5.74) is 1.71. The van der Waals surface area contributed by atoms with E-state index >= 15 is 0 Å². The highest BCUT2D eigenvalue weighted by Gasteiger charge is 2.33. The molecule has 156 valence electrons. The normalized spacial score (nSPS) is 17.5. The summed E-state index contributed by atoms with van der Waals surface area (Å²) in [6.45, 7) is 7.63. The van der Waals surface area contributed by atoms with Gasteiger partial charge < -0.3 is 15.5 Å². The number of nitrogens with one attached hydrogen (secondary N) is 2. The summed E-state index contributed by atoms with van der Waals surface area (Å²) in [4.78, 5) is 9.93. The van der Waals surface area contributed by atoms with Gasteiger partial charge in [-0.1, -0.05) is 18.7 Å². The van der Waals surface area contributed by atoms with Gasteiger partial charge in [0.2, 0.25) is 5.95 Å². The second-order valence-electron chi connectivity index (χ2n) is 7.29. The molecule has 0 bridgehead atoms. The molecule has 29 heavy (non-hydrogen) atoms. The summed E-state index contributed by atoms with van der Waals surface area (Å²) in [6, 6.07) is 8.03. The lowest BCUT2D eigenvalue weighted by Crippen LogP contribution is -2.30. The highest BCUT2D eigenvalue weighted by Crippen LogP contribution is 2.31. The zero-order chi connectivity index (χ0) is 21.0. The van der Waals surface area contributed by atoms with Crippen LogP contribution in [0.5, 0.6) is 0 Å². The van der Waals surface area contributed by atoms with Crippen molar-refractivity contribution in [3.63, 3.8) is 0 Å². The van der Waals surface area contributed by atoms with Crippen molar-refractivity contribution in [1.82, 2.24) is 20.2 Å². The molecule has 1 saturated heterocycles. The first-order chi connectivity index (χ1) is 13.8. The zero-order valence-corrected chi connectivity index (χ0v) is 16.7. The molecule has 1 unspecified atom stereocenters. The van der Waals surface area contributed by atoms with Crippen molar-refractivity contribution in [1.29, 1.82) is 0 Å². The van der Waals surface area contributed by atoms with Crippen LogP contribution in [0.3, 0.4) is 0 Å². The van der Waals surface area contributed by atoms with Crippen LogP contribution in [0.2, 0.25) is 0 Å². The highest BCUT2D eigenvalue weighted by molar-refractivity contribution is 5.65. The first kappa shape index (κ1) is 21.1. The number of alkyl halides is 3. The maximum absolute atomic E-state index is 12.8. The molecule has 2 heterocycles. The zero-order valence-electron chi connectivity index (χ0n) is 16.7. The van der Waals surface area contributed by atoms with Crippen LogP contribution in [0.25, 0.3) is 5.70 Å². The van der Waals surface area contributed by atoms with Gasteiger partial charge in [-0.2, -0.15) is 13.2 Å². The van der Waals surface area contributed by atoms with Gasteiger partial charge in [-0.25, -0.2) is 9.97 Å². The van der Waals surface area contributed by atoms with Gasteiger partial charge in [0.1, 0.15) is 0 Å². The number of hydrogen-bond acceptors (Lipinski definition) is 5. The second kappa shape index (κ2) is 8.82. The molecule has 8 heteroatoms. The molecule has 1 aliphatic heterocycles. The standard InChI is InChI=1S/C21H26F3N5/c1-14-19(21(22,23)24)13-26-20(27-14)28-17-8-6-16(7-9-17)15(2)29(3)18-5-4-11-25-12-10-18/h6-9,13,18,25H,2,4-5,10-12H2,1,3H3,(H,26,27,28). The molecule has 3 rings (SSSR count). The van der Waals surface area contributed by atoms with Gasteiger partial charge in [0.05, 0.1) is 11.3 Å². The Hall–Kier alpha value is -2.61. The molecular weight excluding hydrogens is 379 g/mol. The Labute approximate surface area is 169 Å². The smallest absolute Gasteiger partial charge is 0.372 e. The van der Waals surface area contributed by atoms with E-state index in [-0.39, 0.29) is 11.6 Å². The molecule has 1 aliphatic rings. The van der Waals surface area contributed by atoms with Crippen molar-refractivity contribution in [3.05, 3.63) is 53.9 Å². The first-order valence-corrected chi connectivity index (χ1v) is 9.66. The van der Waals surface area contributed by atoms with E-state index in [0.717, 1.165) is 49.8 Å². The topological polar surface area (TPSA) is 53.1 Å². The third-order valence-corrected chi connectivity index (χ3v) is 5.28. The molecule has 1 aromatic carbocycles. The minimum Gasteiger partial charge on any atom is -0.372 e. The van der Waals surface area contributed by atoms with E-state index in [4.69, 9.17) is 0 Å².